The average Bonchev–Trinajstić information content (AvgIpc) is 3.74. The fourth-order valence-corrected chi connectivity index (χ4v) is 4.83. The molecule has 0 bridgehead atoms. The number of aryl methyl sites for hydroxylation is 2. The van der Waals surface area contributed by atoms with Gasteiger partial charge in [0.1, 0.15) is 0 Å². The summed E-state index contributed by atoms with van der Waals surface area (Å²) >= 11 is 0. The van der Waals surface area contributed by atoms with Crippen LogP contribution >= 0.6 is 0 Å². The number of rotatable bonds is 17. The van der Waals surface area contributed by atoms with Crippen molar-refractivity contribution in [2.45, 2.75) is 51.9 Å². The number of Topliss-reactive ketones (excluding diaryl/α,β-unsaturated/α-hetero) is 2. The number of carbonyl (C=O) groups excluding carboxylic acids is 4. The van der Waals surface area contributed by atoms with Crippen LogP contribution in [0.25, 0.3) is 21.8 Å². The van der Waals surface area contributed by atoms with Crippen molar-refractivity contribution in [3.05, 3.63) is 71.0 Å². The zero-order valence-corrected chi connectivity index (χ0v) is 30.3. The molecule has 0 saturated heterocycles. The molecule has 0 aliphatic heterocycles. The van der Waals surface area contributed by atoms with E-state index in [2.05, 4.69) is 31.2 Å². The molecule has 0 fully saturated rings. The highest BCUT2D eigenvalue weighted by Gasteiger charge is 2.39. The highest BCUT2D eigenvalue weighted by Crippen LogP contribution is 2.21. The number of nitrogens with one attached hydrogen (secondary N) is 6. The van der Waals surface area contributed by atoms with Crippen molar-refractivity contribution >= 4 is 57.1 Å². The van der Waals surface area contributed by atoms with Crippen LogP contribution in [-0.2, 0) is 19.2 Å². The van der Waals surface area contributed by atoms with Crippen LogP contribution in [0.5, 0.6) is 0 Å². The van der Waals surface area contributed by atoms with Gasteiger partial charge in [-0.15, -0.1) is 0 Å². The molecule has 8 N–H and O–H groups in total. The van der Waals surface area contributed by atoms with Gasteiger partial charge in [0.25, 0.3) is 23.4 Å². The van der Waals surface area contributed by atoms with E-state index in [0.29, 0.717) is 24.2 Å². The number of carbonyl (C=O) groups is 6. The Kier molecular flexibility index (Phi) is 18.2. The zero-order chi connectivity index (χ0) is 42.1. The molecule has 20 heteroatoms. The van der Waals surface area contributed by atoms with Crippen molar-refractivity contribution in [2.24, 2.45) is 0 Å². The third-order valence-corrected chi connectivity index (χ3v) is 7.65. The molecule has 2 aromatic carbocycles. The van der Waals surface area contributed by atoms with Crippen LogP contribution in [0.2, 0.25) is 0 Å². The van der Waals surface area contributed by atoms with Gasteiger partial charge in [-0.05, 0) is 90.0 Å². The second kappa shape index (κ2) is 22.0. The van der Waals surface area contributed by atoms with Gasteiger partial charge in [-0.25, -0.2) is 9.59 Å². The molecular formula is C36H42F6N6O8. The minimum atomic E-state index is -5.08. The zero-order valence-electron chi connectivity index (χ0n) is 30.3. The Labute approximate surface area is 315 Å². The van der Waals surface area contributed by atoms with Gasteiger partial charge in [0.05, 0.1) is 11.1 Å². The average molecular weight is 801 g/mol. The molecule has 2 amide bonds. The lowest BCUT2D eigenvalue weighted by atomic mass is 10.1. The molecule has 0 atom stereocenters. The van der Waals surface area contributed by atoms with Gasteiger partial charge in [0.2, 0.25) is 0 Å². The van der Waals surface area contributed by atoms with Gasteiger partial charge in [-0.2, -0.15) is 26.3 Å². The predicted octanol–water partition coefficient (Wildman–Crippen LogP) is 4.57. The van der Waals surface area contributed by atoms with Crippen LogP contribution in [-0.4, -0.2) is 107 Å². The molecule has 56 heavy (non-hydrogen) atoms. The number of hydrogen-bond acceptors (Lipinski definition) is 8. The summed E-state index contributed by atoms with van der Waals surface area (Å²) in [7, 11) is 0. The van der Waals surface area contributed by atoms with E-state index in [1.807, 2.05) is 50.2 Å². The number of aliphatic carboxylic acids is 2. The van der Waals surface area contributed by atoms with Gasteiger partial charge >= 0.3 is 24.3 Å². The van der Waals surface area contributed by atoms with E-state index < -0.39 is 47.7 Å². The summed E-state index contributed by atoms with van der Waals surface area (Å²) in [4.78, 5) is 73.6. The molecule has 4 rings (SSSR count). The molecule has 0 spiro atoms. The number of alkyl halides is 6. The highest BCUT2D eigenvalue weighted by molar-refractivity contribution is 6.45. The largest absolute Gasteiger partial charge is 0.490 e. The summed E-state index contributed by atoms with van der Waals surface area (Å²) < 4.78 is 63.5. The summed E-state index contributed by atoms with van der Waals surface area (Å²) in [6, 6.07) is 11.5. The number of aromatic amines is 2. The van der Waals surface area contributed by atoms with Crippen molar-refractivity contribution in [2.75, 3.05) is 39.3 Å². The normalized spacial score (nSPS) is 11.2. The Bertz CT molecular complexity index is 1830. The Morgan fingerprint density at radius 1 is 0.554 bits per heavy atom. The summed E-state index contributed by atoms with van der Waals surface area (Å²) in [5.41, 5.74) is 4.54. The number of H-pyrrole nitrogens is 2. The summed E-state index contributed by atoms with van der Waals surface area (Å²) in [6.45, 7) is 8.02. The van der Waals surface area contributed by atoms with E-state index in [0.717, 1.165) is 84.8 Å². The van der Waals surface area contributed by atoms with Crippen molar-refractivity contribution in [3.63, 3.8) is 0 Å². The number of amides is 2. The Morgan fingerprint density at radius 2 is 0.875 bits per heavy atom. The van der Waals surface area contributed by atoms with E-state index in [9.17, 15) is 45.5 Å². The molecule has 0 radical (unpaired) electrons. The molecule has 2 aromatic heterocycles. The van der Waals surface area contributed by atoms with Crippen molar-refractivity contribution in [1.29, 1.82) is 0 Å². The van der Waals surface area contributed by atoms with E-state index in [1.54, 1.807) is 12.4 Å². The first-order valence-electron chi connectivity index (χ1n) is 17.1. The fourth-order valence-electron chi connectivity index (χ4n) is 4.83. The van der Waals surface area contributed by atoms with Gasteiger partial charge in [0.15, 0.2) is 0 Å². The molecule has 4 aromatic rings. The molecule has 0 saturated carbocycles. The monoisotopic (exact) mass is 800 g/mol. The number of halogens is 6. The number of fused-ring (bicyclic) bond motifs is 2. The van der Waals surface area contributed by atoms with Gasteiger partial charge in [-0.3, -0.25) is 19.2 Å². The quantitative estimate of drug-likeness (QED) is 0.0322. The van der Waals surface area contributed by atoms with Crippen LogP contribution in [0, 0.1) is 13.8 Å². The Morgan fingerprint density at radius 3 is 1.20 bits per heavy atom. The first-order chi connectivity index (χ1) is 26.2. The smallest absolute Gasteiger partial charge is 0.475 e. The number of carboxylic acid groups (broad SMARTS) is 2. The third-order valence-electron chi connectivity index (χ3n) is 7.65. The third kappa shape index (κ3) is 15.5. The maximum atomic E-state index is 12.5. The fraction of sp³-hybridized carbons (Fsp3) is 0.389. The van der Waals surface area contributed by atoms with Crippen LogP contribution in [0.1, 0.15) is 57.5 Å². The van der Waals surface area contributed by atoms with Crippen LogP contribution in [0.3, 0.4) is 0 Å². The summed E-state index contributed by atoms with van der Waals surface area (Å²) in [6.07, 6.45) is -3.50. The lowest BCUT2D eigenvalue weighted by molar-refractivity contribution is -0.193. The Balaban J connectivity index is 0.000000657. The van der Waals surface area contributed by atoms with Crippen LogP contribution in [0.4, 0.5) is 26.3 Å². The number of unbranched alkanes of at least 4 members (excludes halogenated alkanes) is 1. The number of ketones is 2. The summed E-state index contributed by atoms with van der Waals surface area (Å²) in [5.74, 6) is -7.73. The van der Waals surface area contributed by atoms with Gasteiger partial charge in [-0.1, -0.05) is 23.3 Å². The second-order valence-electron chi connectivity index (χ2n) is 12.2. The molecular weight excluding hydrogens is 758 g/mol. The lowest BCUT2D eigenvalue weighted by Crippen LogP contribution is -2.33. The van der Waals surface area contributed by atoms with E-state index in [1.165, 1.54) is 0 Å². The number of benzene rings is 2. The molecule has 0 aliphatic carbocycles. The van der Waals surface area contributed by atoms with Crippen LogP contribution < -0.4 is 21.3 Å². The number of carboxylic acids is 2. The molecule has 14 nitrogen and oxygen atoms in total. The molecule has 2 heterocycles. The van der Waals surface area contributed by atoms with Crippen molar-refractivity contribution < 1.29 is 65.3 Å². The van der Waals surface area contributed by atoms with E-state index >= 15 is 0 Å². The second-order valence-corrected chi connectivity index (χ2v) is 12.2. The maximum Gasteiger partial charge on any atom is 0.490 e. The highest BCUT2D eigenvalue weighted by atomic mass is 19.4. The molecule has 0 aliphatic rings. The van der Waals surface area contributed by atoms with Crippen molar-refractivity contribution in [3.8, 4) is 0 Å². The van der Waals surface area contributed by atoms with Crippen molar-refractivity contribution in [1.82, 2.24) is 31.2 Å². The number of hydrogen-bond donors (Lipinski definition) is 8. The van der Waals surface area contributed by atoms with E-state index in [-0.39, 0.29) is 0 Å². The first kappa shape index (κ1) is 46.4. The summed E-state index contributed by atoms with van der Waals surface area (Å²) in [5, 5.41) is 27.9. The minimum Gasteiger partial charge on any atom is -0.475 e. The lowest BCUT2D eigenvalue weighted by Gasteiger charge is -2.08. The SMILES string of the molecule is Cc1ccc2[nH]cc(C(=O)C(=O)NCCCNCCCCNCCCNC(=O)C(=O)c3c[nH]c4ccc(C)cc34)c2c1.O=C(O)C(F)(F)F.O=C(O)C(F)(F)F. The minimum absolute atomic E-state index is 0.397. The topological polar surface area (TPSA) is 223 Å². The van der Waals surface area contributed by atoms with Gasteiger partial charge in [0, 0.05) is 47.3 Å². The van der Waals surface area contributed by atoms with E-state index in [4.69, 9.17) is 19.8 Å². The number of aromatic nitrogens is 2. The standard InChI is InChI=1S/C32H40N6O4.2C2HF3O2/c1-21-7-9-27-23(17-21)25(19-37-27)29(39)31(41)35-15-5-13-33-11-3-4-12-34-14-6-16-36-32(42)30(40)26-20-38-28-10-8-22(2)18-24(26)28;2*3-2(4,5)1(6)7/h7-10,17-20,33-34,37-38H,3-6,11-16H2,1-2H3,(H,35,41)(H,36,42);2*(H,6,7). The van der Waals surface area contributed by atoms with Crippen LogP contribution in [0.15, 0.2) is 48.8 Å². The molecule has 306 valence electrons. The maximum absolute atomic E-state index is 12.5. The van der Waals surface area contributed by atoms with Gasteiger partial charge < -0.3 is 41.4 Å². The predicted molar refractivity (Wildman–Crippen MR) is 192 cm³/mol. The molecule has 0 unspecified atom stereocenters. The Hall–Kier alpha value is -5.76. The first-order valence-corrected chi connectivity index (χ1v) is 17.1.